The SMILES string of the molecule is Cc1nc(N2CCCCCC2)nc(CN)c1[N+](=O)[O-]. The second-order valence-corrected chi connectivity index (χ2v) is 4.77. The molecule has 0 spiro atoms. The Morgan fingerprint density at radius 1 is 1.26 bits per heavy atom. The predicted molar refractivity (Wildman–Crippen MR) is 72.0 cm³/mol. The predicted octanol–water partition coefficient (Wildman–Crippen LogP) is 1.53. The maximum absolute atomic E-state index is 11.0. The Balaban J connectivity index is 2.36. The van der Waals surface area contributed by atoms with Gasteiger partial charge in [-0.05, 0) is 19.8 Å². The second-order valence-electron chi connectivity index (χ2n) is 4.77. The monoisotopic (exact) mass is 265 g/mol. The van der Waals surface area contributed by atoms with E-state index in [9.17, 15) is 10.1 Å². The lowest BCUT2D eigenvalue weighted by Crippen LogP contribution is -2.27. The topological polar surface area (TPSA) is 98.2 Å². The van der Waals surface area contributed by atoms with Crippen molar-refractivity contribution < 1.29 is 4.92 Å². The van der Waals surface area contributed by atoms with E-state index in [1.165, 1.54) is 12.8 Å². The Labute approximate surface area is 112 Å². The zero-order valence-corrected chi connectivity index (χ0v) is 11.1. The second kappa shape index (κ2) is 5.92. The summed E-state index contributed by atoms with van der Waals surface area (Å²) in [6.07, 6.45) is 4.65. The molecule has 2 rings (SSSR count). The number of aryl methyl sites for hydroxylation is 1. The molecule has 0 bridgehead atoms. The van der Waals surface area contributed by atoms with Gasteiger partial charge in [-0.15, -0.1) is 0 Å². The van der Waals surface area contributed by atoms with E-state index in [0.717, 1.165) is 25.9 Å². The van der Waals surface area contributed by atoms with E-state index < -0.39 is 4.92 Å². The molecule has 0 atom stereocenters. The Morgan fingerprint density at radius 2 is 1.89 bits per heavy atom. The van der Waals surface area contributed by atoms with Crippen LogP contribution in [-0.2, 0) is 6.54 Å². The summed E-state index contributed by atoms with van der Waals surface area (Å²) in [6, 6.07) is 0. The van der Waals surface area contributed by atoms with Crippen molar-refractivity contribution in [3.63, 3.8) is 0 Å². The molecule has 1 aliphatic heterocycles. The molecule has 1 aromatic heterocycles. The van der Waals surface area contributed by atoms with Crippen LogP contribution in [0, 0.1) is 17.0 Å². The lowest BCUT2D eigenvalue weighted by molar-refractivity contribution is -0.386. The lowest BCUT2D eigenvalue weighted by atomic mass is 10.2. The minimum atomic E-state index is -0.455. The summed E-state index contributed by atoms with van der Waals surface area (Å²) in [7, 11) is 0. The van der Waals surface area contributed by atoms with Crippen LogP contribution in [0.25, 0.3) is 0 Å². The first kappa shape index (κ1) is 13.7. The summed E-state index contributed by atoms with van der Waals surface area (Å²) in [6.45, 7) is 3.50. The van der Waals surface area contributed by atoms with Crippen LogP contribution in [-0.4, -0.2) is 28.0 Å². The Morgan fingerprint density at radius 3 is 2.42 bits per heavy atom. The average Bonchev–Trinajstić information content (AvgIpc) is 2.65. The first-order valence-corrected chi connectivity index (χ1v) is 6.60. The number of nitrogens with zero attached hydrogens (tertiary/aromatic N) is 4. The molecule has 0 aliphatic carbocycles. The van der Waals surface area contributed by atoms with Crippen LogP contribution in [0.5, 0.6) is 0 Å². The van der Waals surface area contributed by atoms with E-state index in [0.29, 0.717) is 17.3 Å². The molecule has 7 nitrogen and oxygen atoms in total. The highest BCUT2D eigenvalue weighted by Crippen LogP contribution is 2.24. The Kier molecular flexibility index (Phi) is 4.26. The molecule has 0 aromatic carbocycles. The van der Waals surface area contributed by atoms with Gasteiger partial charge in [0.25, 0.3) is 0 Å². The summed E-state index contributed by atoms with van der Waals surface area (Å²) in [4.78, 5) is 21.2. The van der Waals surface area contributed by atoms with Crippen molar-refractivity contribution in [3.8, 4) is 0 Å². The summed E-state index contributed by atoms with van der Waals surface area (Å²) >= 11 is 0. The molecule has 0 radical (unpaired) electrons. The molecule has 104 valence electrons. The Bertz CT molecular complexity index is 469. The summed E-state index contributed by atoms with van der Waals surface area (Å²) < 4.78 is 0. The quantitative estimate of drug-likeness (QED) is 0.657. The van der Waals surface area contributed by atoms with E-state index in [-0.39, 0.29) is 12.2 Å². The highest BCUT2D eigenvalue weighted by atomic mass is 16.6. The fourth-order valence-electron chi connectivity index (χ4n) is 2.40. The van der Waals surface area contributed by atoms with Crippen molar-refractivity contribution in [2.24, 2.45) is 5.73 Å². The van der Waals surface area contributed by atoms with Crippen LogP contribution in [0.1, 0.15) is 37.1 Å². The van der Waals surface area contributed by atoms with Crippen LogP contribution >= 0.6 is 0 Å². The fourth-order valence-corrected chi connectivity index (χ4v) is 2.40. The fraction of sp³-hybridized carbons (Fsp3) is 0.667. The third-order valence-electron chi connectivity index (χ3n) is 3.38. The minimum Gasteiger partial charge on any atom is -0.341 e. The molecule has 1 aliphatic rings. The third-order valence-corrected chi connectivity index (χ3v) is 3.38. The Hall–Kier alpha value is -1.76. The lowest BCUT2D eigenvalue weighted by Gasteiger charge is -2.20. The van der Waals surface area contributed by atoms with Crippen molar-refractivity contribution >= 4 is 11.6 Å². The highest BCUT2D eigenvalue weighted by Gasteiger charge is 2.23. The summed E-state index contributed by atoms with van der Waals surface area (Å²) in [5.41, 5.74) is 6.22. The summed E-state index contributed by atoms with van der Waals surface area (Å²) in [5.74, 6) is 0.574. The number of anilines is 1. The first-order valence-electron chi connectivity index (χ1n) is 6.60. The van der Waals surface area contributed by atoms with Crippen LogP contribution in [0.15, 0.2) is 0 Å². The molecule has 1 fully saturated rings. The number of nitrogens with two attached hydrogens (primary N) is 1. The van der Waals surface area contributed by atoms with E-state index in [4.69, 9.17) is 5.73 Å². The smallest absolute Gasteiger partial charge is 0.313 e. The van der Waals surface area contributed by atoms with Gasteiger partial charge in [0.15, 0.2) is 0 Å². The average molecular weight is 265 g/mol. The molecule has 1 aromatic rings. The molecular formula is C12H19N5O2. The van der Waals surface area contributed by atoms with Gasteiger partial charge in [-0.3, -0.25) is 10.1 Å². The van der Waals surface area contributed by atoms with Gasteiger partial charge < -0.3 is 10.6 Å². The molecule has 2 heterocycles. The van der Waals surface area contributed by atoms with Gasteiger partial charge in [-0.2, -0.15) is 0 Å². The van der Waals surface area contributed by atoms with Crippen molar-refractivity contribution in [2.75, 3.05) is 18.0 Å². The molecule has 1 saturated heterocycles. The van der Waals surface area contributed by atoms with E-state index >= 15 is 0 Å². The van der Waals surface area contributed by atoms with Gasteiger partial charge >= 0.3 is 5.69 Å². The van der Waals surface area contributed by atoms with Crippen molar-refractivity contribution in [1.82, 2.24) is 9.97 Å². The zero-order chi connectivity index (χ0) is 13.8. The van der Waals surface area contributed by atoms with Crippen molar-refractivity contribution in [1.29, 1.82) is 0 Å². The minimum absolute atomic E-state index is 0.0546. The van der Waals surface area contributed by atoms with E-state index in [1.54, 1.807) is 6.92 Å². The van der Waals surface area contributed by atoms with Gasteiger partial charge in [0.1, 0.15) is 11.4 Å². The number of hydrogen-bond donors (Lipinski definition) is 1. The molecule has 0 amide bonds. The third kappa shape index (κ3) is 2.98. The van der Waals surface area contributed by atoms with E-state index in [1.807, 2.05) is 0 Å². The van der Waals surface area contributed by atoms with Gasteiger partial charge in [0.05, 0.1) is 4.92 Å². The van der Waals surface area contributed by atoms with Crippen LogP contribution in [0.2, 0.25) is 0 Å². The van der Waals surface area contributed by atoms with Gasteiger partial charge in [-0.1, -0.05) is 12.8 Å². The standard InChI is InChI=1S/C12H19N5O2/c1-9-11(17(18)19)10(8-13)15-12(14-9)16-6-4-2-3-5-7-16/h2-8,13H2,1H3. The first-order chi connectivity index (χ1) is 9.13. The highest BCUT2D eigenvalue weighted by molar-refractivity contribution is 5.45. The molecule has 19 heavy (non-hydrogen) atoms. The molecule has 2 N–H and O–H groups in total. The number of hydrogen-bond acceptors (Lipinski definition) is 6. The van der Waals surface area contributed by atoms with Crippen molar-refractivity contribution in [2.45, 2.75) is 39.2 Å². The van der Waals surface area contributed by atoms with Crippen LogP contribution in [0.4, 0.5) is 11.6 Å². The van der Waals surface area contributed by atoms with E-state index in [2.05, 4.69) is 14.9 Å². The van der Waals surface area contributed by atoms with Crippen LogP contribution < -0.4 is 10.6 Å². The van der Waals surface area contributed by atoms with Crippen molar-refractivity contribution in [3.05, 3.63) is 21.5 Å². The number of nitro groups is 1. The molecule has 0 unspecified atom stereocenters. The van der Waals surface area contributed by atoms with Crippen LogP contribution in [0.3, 0.4) is 0 Å². The maximum Gasteiger partial charge on any atom is 0.313 e. The van der Waals surface area contributed by atoms with Gasteiger partial charge in [-0.25, -0.2) is 9.97 Å². The molecule has 7 heteroatoms. The molecular weight excluding hydrogens is 246 g/mol. The summed E-state index contributed by atoms with van der Waals surface area (Å²) in [5, 5.41) is 11.0. The maximum atomic E-state index is 11.0. The number of rotatable bonds is 3. The normalized spacial score (nSPS) is 16.2. The molecule has 0 saturated carbocycles. The largest absolute Gasteiger partial charge is 0.341 e. The zero-order valence-electron chi connectivity index (χ0n) is 11.1. The number of aromatic nitrogens is 2. The van der Waals surface area contributed by atoms with Gasteiger partial charge in [0, 0.05) is 19.6 Å². The van der Waals surface area contributed by atoms with Gasteiger partial charge in [0.2, 0.25) is 5.95 Å².